The topological polar surface area (TPSA) is 53.7 Å². The second-order valence-corrected chi connectivity index (χ2v) is 5.78. The lowest BCUT2D eigenvalue weighted by Gasteiger charge is -2.42. The first kappa shape index (κ1) is 13.7. The first-order chi connectivity index (χ1) is 9.79. The highest BCUT2D eigenvalue weighted by Gasteiger charge is 2.40. The summed E-state index contributed by atoms with van der Waals surface area (Å²) in [6.07, 6.45) is 4.57. The maximum absolute atomic E-state index is 6.21. The molecule has 1 aliphatic carbocycles. The van der Waals surface area contributed by atoms with E-state index in [0.29, 0.717) is 13.2 Å². The average Bonchev–Trinajstić information content (AvgIpc) is 2.92. The van der Waals surface area contributed by atoms with E-state index in [0.717, 1.165) is 37.4 Å². The maximum Gasteiger partial charge on any atom is 0.165 e. The maximum atomic E-state index is 6.21. The molecule has 3 rings (SSSR count). The molecule has 2 N–H and O–H groups in total. The van der Waals surface area contributed by atoms with Gasteiger partial charge in [0.25, 0.3) is 0 Å². The van der Waals surface area contributed by atoms with Crippen molar-refractivity contribution in [1.82, 2.24) is 0 Å². The largest absolute Gasteiger partial charge is 0.493 e. The summed E-state index contributed by atoms with van der Waals surface area (Å²) in [5.74, 6) is 1.67. The van der Waals surface area contributed by atoms with E-state index in [4.69, 9.17) is 19.9 Å². The van der Waals surface area contributed by atoms with Crippen molar-refractivity contribution in [3.63, 3.8) is 0 Å². The van der Waals surface area contributed by atoms with Gasteiger partial charge in [0.05, 0.1) is 20.3 Å². The van der Waals surface area contributed by atoms with Crippen LogP contribution in [0.1, 0.15) is 31.2 Å². The van der Waals surface area contributed by atoms with Crippen molar-refractivity contribution < 1.29 is 14.2 Å². The Hall–Kier alpha value is -1.26. The Balaban J connectivity index is 1.95. The molecule has 2 aliphatic rings. The fourth-order valence-corrected chi connectivity index (χ4v) is 3.18. The predicted molar refractivity (Wildman–Crippen MR) is 77.4 cm³/mol. The number of nitrogens with two attached hydrogens (primary N) is 1. The van der Waals surface area contributed by atoms with Gasteiger partial charge in [0.2, 0.25) is 0 Å². The molecule has 4 nitrogen and oxygen atoms in total. The fraction of sp³-hybridized carbons (Fsp3) is 0.625. The van der Waals surface area contributed by atoms with Crippen LogP contribution in [0.3, 0.4) is 0 Å². The number of rotatable bonds is 5. The molecule has 1 atom stereocenters. The molecule has 1 aromatic carbocycles. The van der Waals surface area contributed by atoms with E-state index in [1.54, 1.807) is 7.11 Å². The van der Waals surface area contributed by atoms with Crippen LogP contribution in [0.4, 0.5) is 0 Å². The predicted octanol–water partition coefficient (Wildman–Crippen LogP) is 2.24. The quantitative estimate of drug-likeness (QED) is 0.897. The normalized spacial score (nSPS) is 24.2. The lowest BCUT2D eigenvalue weighted by atomic mass is 9.64. The SMILES string of the molecule is COc1cccc(C2(CN)CCC2)c1OC1CCOC1. The highest BCUT2D eigenvalue weighted by atomic mass is 16.6. The van der Waals surface area contributed by atoms with Gasteiger partial charge in [-0.15, -0.1) is 0 Å². The van der Waals surface area contributed by atoms with Crippen molar-refractivity contribution in [1.29, 1.82) is 0 Å². The second kappa shape index (κ2) is 5.62. The molecule has 1 saturated carbocycles. The summed E-state index contributed by atoms with van der Waals surface area (Å²) in [5.41, 5.74) is 7.33. The Kier molecular flexibility index (Phi) is 3.85. The van der Waals surface area contributed by atoms with Crippen molar-refractivity contribution >= 4 is 0 Å². The number of hydrogen-bond acceptors (Lipinski definition) is 4. The van der Waals surface area contributed by atoms with Crippen LogP contribution < -0.4 is 15.2 Å². The number of para-hydroxylation sites is 1. The lowest BCUT2D eigenvalue weighted by molar-refractivity contribution is 0.134. The summed E-state index contributed by atoms with van der Waals surface area (Å²) in [7, 11) is 1.69. The monoisotopic (exact) mass is 277 g/mol. The van der Waals surface area contributed by atoms with Crippen LogP contribution in [0.15, 0.2) is 18.2 Å². The Morgan fingerprint density at radius 3 is 2.80 bits per heavy atom. The van der Waals surface area contributed by atoms with Gasteiger partial charge in [-0.25, -0.2) is 0 Å². The third kappa shape index (κ3) is 2.27. The zero-order chi connectivity index (χ0) is 14.0. The fourth-order valence-electron chi connectivity index (χ4n) is 3.18. The summed E-state index contributed by atoms with van der Waals surface area (Å²) >= 11 is 0. The molecule has 0 radical (unpaired) electrons. The third-order valence-corrected chi connectivity index (χ3v) is 4.64. The number of hydrogen-bond donors (Lipinski definition) is 1. The number of methoxy groups -OCH3 is 1. The summed E-state index contributed by atoms with van der Waals surface area (Å²) < 4.78 is 17.1. The van der Waals surface area contributed by atoms with E-state index in [-0.39, 0.29) is 11.5 Å². The molecular formula is C16H23NO3. The first-order valence-electron chi connectivity index (χ1n) is 7.41. The van der Waals surface area contributed by atoms with Gasteiger partial charge in [-0.05, 0) is 18.9 Å². The average molecular weight is 277 g/mol. The van der Waals surface area contributed by atoms with Gasteiger partial charge in [-0.3, -0.25) is 0 Å². The second-order valence-electron chi connectivity index (χ2n) is 5.78. The third-order valence-electron chi connectivity index (χ3n) is 4.64. The smallest absolute Gasteiger partial charge is 0.165 e. The van der Waals surface area contributed by atoms with Gasteiger partial charge >= 0.3 is 0 Å². The number of benzene rings is 1. The van der Waals surface area contributed by atoms with Crippen LogP contribution in [0.2, 0.25) is 0 Å². The summed E-state index contributed by atoms with van der Waals surface area (Å²) in [6.45, 7) is 2.10. The van der Waals surface area contributed by atoms with E-state index >= 15 is 0 Å². The van der Waals surface area contributed by atoms with Crippen LogP contribution in [-0.4, -0.2) is 33.0 Å². The summed E-state index contributed by atoms with van der Waals surface area (Å²) in [4.78, 5) is 0. The van der Waals surface area contributed by atoms with Crippen molar-refractivity contribution in [2.45, 2.75) is 37.2 Å². The van der Waals surface area contributed by atoms with Gasteiger partial charge in [-0.1, -0.05) is 18.6 Å². The van der Waals surface area contributed by atoms with Crippen molar-refractivity contribution in [2.75, 3.05) is 26.9 Å². The molecule has 1 aliphatic heterocycles. The van der Waals surface area contributed by atoms with Gasteiger partial charge in [-0.2, -0.15) is 0 Å². The Bertz CT molecular complexity index is 459. The zero-order valence-corrected chi connectivity index (χ0v) is 12.1. The molecule has 1 aromatic rings. The minimum atomic E-state index is 0.0728. The Morgan fingerprint density at radius 1 is 1.40 bits per heavy atom. The summed E-state index contributed by atoms with van der Waals surface area (Å²) in [5, 5.41) is 0. The molecule has 1 heterocycles. The number of ether oxygens (including phenoxy) is 3. The molecule has 110 valence electrons. The van der Waals surface area contributed by atoms with E-state index in [1.165, 1.54) is 12.0 Å². The molecule has 0 bridgehead atoms. The molecule has 20 heavy (non-hydrogen) atoms. The van der Waals surface area contributed by atoms with Crippen LogP contribution in [-0.2, 0) is 10.2 Å². The lowest BCUT2D eigenvalue weighted by Crippen LogP contribution is -2.42. The highest BCUT2D eigenvalue weighted by Crippen LogP contribution is 2.49. The molecule has 0 spiro atoms. The Labute approximate surface area is 120 Å². The highest BCUT2D eigenvalue weighted by molar-refractivity contribution is 5.51. The van der Waals surface area contributed by atoms with Gasteiger partial charge in [0.15, 0.2) is 11.5 Å². The zero-order valence-electron chi connectivity index (χ0n) is 12.1. The van der Waals surface area contributed by atoms with Crippen molar-refractivity contribution in [3.05, 3.63) is 23.8 Å². The molecule has 4 heteroatoms. The van der Waals surface area contributed by atoms with E-state index in [9.17, 15) is 0 Å². The molecule has 1 unspecified atom stereocenters. The van der Waals surface area contributed by atoms with Crippen LogP contribution in [0, 0.1) is 0 Å². The Morgan fingerprint density at radius 2 is 2.25 bits per heavy atom. The van der Waals surface area contributed by atoms with Gasteiger partial charge in [0, 0.05) is 23.9 Å². The van der Waals surface area contributed by atoms with Crippen molar-refractivity contribution in [3.8, 4) is 11.5 Å². The molecule has 0 aromatic heterocycles. The van der Waals surface area contributed by atoms with Crippen molar-refractivity contribution in [2.24, 2.45) is 5.73 Å². The van der Waals surface area contributed by atoms with E-state index in [2.05, 4.69) is 6.07 Å². The minimum absolute atomic E-state index is 0.0728. The molecule has 0 amide bonds. The summed E-state index contributed by atoms with van der Waals surface area (Å²) in [6, 6.07) is 6.12. The van der Waals surface area contributed by atoms with Crippen LogP contribution in [0.25, 0.3) is 0 Å². The van der Waals surface area contributed by atoms with Gasteiger partial charge in [0.1, 0.15) is 6.10 Å². The van der Waals surface area contributed by atoms with E-state index < -0.39 is 0 Å². The van der Waals surface area contributed by atoms with Gasteiger partial charge < -0.3 is 19.9 Å². The first-order valence-corrected chi connectivity index (χ1v) is 7.41. The standard InChI is InChI=1S/C16H23NO3/c1-18-14-5-2-4-13(16(11-17)7-3-8-16)15(14)20-12-6-9-19-10-12/h2,4-5,12H,3,6-11,17H2,1H3. The van der Waals surface area contributed by atoms with Crippen LogP contribution >= 0.6 is 0 Å². The molecule has 1 saturated heterocycles. The minimum Gasteiger partial charge on any atom is -0.493 e. The van der Waals surface area contributed by atoms with E-state index in [1.807, 2.05) is 12.1 Å². The molecule has 2 fully saturated rings. The molecular weight excluding hydrogens is 254 g/mol. The van der Waals surface area contributed by atoms with Crippen LogP contribution in [0.5, 0.6) is 11.5 Å².